The molecular formula is C5H6ClN2OS. The number of nitrogens with one attached hydrogen (secondary N) is 1. The fourth-order valence-electron chi connectivity index (χ4n) is 0.495. The number of amides is 1. The number of nitrogens with zero attached hydrogens (tertiary/aromatic N) is 1. The second kappa shape index (κ2) is 3.73. The molecule has 0 aromatic carbocycles. The highest BCUT2D eigenvalue weighted by molar-refractivity contribution is 8.02. The van der Waals surface area contributed by atoms with Crippen LogP contribution in [0.2, 0.25) is 0 Å². The second-order valence-corrected chi connectivity index (χ2v) is 2.73. The van der Waals surface area contributed by atoms with E-state index in [9.17, 15) is 4.79 Å². The molecule has 0 unspecified atom stereocenters. The number of hydrogen-bond donors (Lipinski definition) is 1. The highest BCUT2D eigenvalue weighted by Crippen LogP contribution is 2.10. The zero-order valence-electron chi connectivity index (χ0n) is 5.13. The molecule has 0 spiro atoms. The zero-order chi connectivity index (χ0) is 7.40. The maximum atomic E-state index is 10.6. The summed E-state index contributed by atoms with van der Waals surface area (Å²) in [6, 6.07) is 0. The van der Waals surface area contributed by atoms with Gasteiger partial charge in [0, 0.05) is 5.41 Å². The van der Waals surface area contributed by atoms with Crippen molar-refractivity contribution in [3.8, 4) is 0 Å². The summed E-state index contributed by atoms with van der Waals surface area (Å²) in [7, 11) is 0. The molecule has 0 bridgehead atoms. The van der Waals surface area contributed by atoms with Crippen molar-refractivity contribution in [1.29, 1.82) is 0 Å². The van der Waals surface area contributed by atoms with Crippen molar-refractivity contribution in [2.75, 3.05) is 11.8 Å². The first-order valence-corrected chi connectivity index (χ1v) is 4.23. The molecule has 0 aromatic rings. The number of rotatable bonds is 2. The van der Waals surface area contributed by atoms with Crippen LogP contribution in [0, 0.1) is 6.20 Å². The van der Waals surface area contributed by atoms with Gasteiger partial charge < -0.3 is 0 Å². The van der Waals surface area contributed by atoms with E-state index in [1.54, 1.807) is 22.2 Å². The molecule has 1 aliphatic heterocycles. The summed E-state index contributed by atoms with van der Waals surface area (Å²) < 4.78 is 0. The third kappa shape index (κ3) is 2.11. The maximum Gasteiger partial charge on any atom is 0.253 e. The molecule has 3 nitrogen and oxygen atoms in total. The number of thioether (sulfide) groups is 1. The summed E-state index contributed by atoms with van der Waals surface area (Å²) >= 11 is 6.81. The molecule has 1 N–H and O–H groups in total. The lowest BCUT2D eigenvalue weighted by Gasteiger charge is -2.13. The van der Waals surface area contributed by atoms with Crippen LogP contribution in [0.25, 0.3) is 0 Å². The van der Waals surface area contributed by atoms with Gasteiger partial charge >= 0.3 is 0 Å². The normalized spacial score (nSPS) is 15.9. The van der Waals surface area contributed by atoms with Gasteiger partial charge in [0.25, 0.3) is 5.91 Å². The summed E-state index contributed by atoms with van der Waals surface area (Å²) in [5, 5.41) is 3.35. The van der Waals surface area contributed by atoms with Crippen LogP contribution in [0.4, 0.5) is 0 Å². The van der Waals surface area contributed by atoms with Crippen LogP contribution < -0.4 is 5.43 Å². The van der Waals surface area contributed by atoms with Crippen molar-refractivity contribution in [2.45, 2.75) is 0 Å². The van der Waals surface area contributed by atoms with E-state index < -0.39 is 0 Å². The van der Waals surface area contributed by atoms with Gasteiger partial charge in [-0.25, -0.2) is 0 Å². The van der Waals surface area contributed by atoms with Crippen molar-refractivity contribution < 1.29 is 4.79 Å². The van der Waals surface area contributed by atoms with E-state index in [1.165, 1.54) is 0 Å². The molecule has 1 heterocycles. The van der Waals surface area contributed by atoms with Crippen LogP contribution in [-0.2, 0) is 4.79 Å². The topological polar surface area (TPSA) is 32.3 Å². The van der Waals surface area contributed by atoms with E-state index in [0.717, 1.165) is 0 Å². The van der Waals surface area contributed by atoms with Gasteiger partial charge in [-0.15, -0.1) is 23.4 Å². The van der Waals surface area contributed by atoms with E-state index >= 15 is 0 Å². The summed E-state index contributed by atoms with van der Waals surface area (Å²) in [4.78, 5) is 10.6. The molecule has 0 aliphatic carbocycles. The van der Waals surface area contributed by atoms with Gasteiger partial charge in [0.1, 0.15) is 5.88 Å². The fraction of sp³-hybridized carbons (Fsp3) is 0.400. The van der Waals surface area contributed by atoms with Gasteiger partial charge in [-0.05, 0) is 0 Å². The van der Waals surface area contributed by atoms with E-state index in [-0.39, 0.29) is 11.8 Å². The Labute approximate surface area is 68.4 Å². The molecule has 55 valence electrons. The molecule has 0 saturated heterocycles. The third-order valence-corrected chi connectivity index (χ3v) is 1.80. The van der Waals surface area contributed by atoms with Gasteiger partial charge in [-0.2, -0.15) is 0 Å². The minimum atomic E-state index is -0.204. The minimum Gasteiger partial charge on any atom is -0.272 e. The Morgan fingerprint density at radius 1 is 2.00 bits per heavy atom. The van der Waals surface area contributed by atoms with E-state index in [2.05, 4.69) is 11.6 Å². The number of hydrazine groups is 1. The monoisotopic (exact) mass is 177 g/mol. The molecule has 0 fully saturated rings. The molecule has 1 radical (unpaired) electrons. The lowest BCUT2D eigenvalue weighted by atomic mass is 10.7. The number of halogens is 1. The van der Waals surface area contributed by atoms with E-state index in [4.69, 9.17) is 11.6 Å². The first-order valence-electron chi connectivity index (χ1n) is 2.65. The third-order valence-electron chi connectivity index (χ3n) is 0.877. The number of carbonyl (C=O) groups is 1. The molecule has 1 amide bonds. The average molecular weight is 178 g/mol. The Bertz CT molecular complexity index is 162. The van der Waals surface area contributed by atoms with Gasteiger partial charge in [0.15, 0.2) is 0 Å². The first-order chi connectivity index (χ1) is 4.83. The Kier molecular flexibility index (Phi) is 2.89. The van der Waals surface area contributed by atoms with E-state index in [0.29, 0.717) is 5.88 Å². The second-order valence-electron chi connectivity index (χ2n) is 1.64. The van der Waals surface area contributed by atoms with Crippen molar-refractivity contribution in [3.05, 3.63) is 11.6 Å². The largest absolute Gasteiger partial charge is 0.272 e. The fourth-order valence-corrected chi connectivity index (χ4v) is 1.12. The van der Waals surface area contributed by atoms with Crippen LogP contribution >= 0.6 is 23.4 Å². The summed E-state index contributed by atoms with van der Waals surface area (Å²) in [5.74, 6) is 0.496. The lowest BCUT2D eigenvalue weighted by Crippen LogP contribution is -2.37. The SMILES string of the molecule is O=C(CCl)NN1[C]=CSC1. The molecule has 1 aliphatic rings. The summed E-state index contributed by atoms with van der Waals surface area (Å²) in [5.41, 5.74) is 2.53. The van der Waals surface area contributed by atoms with E-state index in [1.807, 2.05) is 0 Å². The van der Waals surface area contributed by atoms with Crippen LogP contribution in [0.3, 0.4) is 0 Å². The standard InChI is InChI=1S/C5H6ClN2OS/c6-3-5(9)7-8-1-2-10-4-8/h2H,3-4H2,(H,7,9). The van der Waals surface area contributed by atoms with Crippen molar-refractivity contribution in [2.24, 2.45) is 0 Å². The Hall–Kier alpha value is -0.350. The molecule has 0 atom stereocenters. The Balaban J connectivity index is 2.24. The quantitative estimate of drug-likeness (QED) is 0.625. The molecular weight excluding hydrogens is 172 g/mol. The van der Waals surface area contributed by atoms with Gasteiger partial charge in [-0.3, -0.25) is 15.2 Å². The van der Waals surface area contributed by atoms with Crippen LogP contribution in [-0.4, -0.2) is 22.7 Å². The number of hydrogen-bond acceptors (Lipinski definition) is 3. The number of carbonyl (C=O) groups excluding carboxylic acids is 1. The first kappa shape index (κ1) is 7.75. The molecule has 5 heteroatoms. The highest BCUT2D eigenvalue weighted by atomic mass is 35.5. The van der Waals surface area contributed by atoms with Crippen molar-refractivity contribution in [1.82, 2.24) is 10.4 Å². The summed E-state index contributed by atoms with van der Waals surface area (Å²) in [6.45, 7) is 0. The Morgan fingerprint density at radius 3 is 3.30 bits per heavy atom. The average Bonchev–Trinajstić information content (AvgIpc) is 2.40. The van der Waals surface area contributed by atoms with Gasteiger partial charge in [0.2, 0.25) is 0 Å². The minimum absolute atomic E-state index is 0.0111. The smallest absolute Gasteiger partial charge is 0.253 e. The van der Waals surface area contributed by atoms with Crippen molar-refractivity contribution >= 4 is 29.3 Å². The van der Waals surface area contributed by atoms with Gasteiger partial charge in [0.05, 0.1) is 12.1 Å². The van der Waals surface area contributed by atoms with Crippen molar-refractivity contribution in [3.63, 3.8) is 0 Å². The van der Waals surface area contributed by atoms with Crippen LogP contribution in [0.15, 0.2) is 5.41 Å². The molecule has 10 heavy (non-hydrogen) atoms. The van der Waals surface area contributed by atoms with Crippen LogP contribution in [0.1, 0.15) is 0 Å². The lowest BCUT2D eigenvalue weighted by molar-refractivity contribution is -0.122. The molecule has 1 rings (SSSR count). The molecule has 0 aromatic heterocycles. The predicted octanol–water partition coefficient (Wildman–Crippen LogP) is 0.537. The highest BCUT2D eigenvalue weighted by Gasteiger charge is 2.07. The Morgan fingerprint density at radius 2 is 2.80 bits per heavy atom. The van der Waals surface area contributed by atoms with Crippen LogP contribution in [0.5, 0.6) is 0 Å². The number of alkyl halides is 1. The van der Waals surface area contributed by atoms with Gasteiger partial charge in [-0.1, -0.05) is 0 Å². The zero-order valence-corrected chi connectivity index (χ0v) is 6.71. The summed E-state index contributed by atoms with van der Waals surface area (Å²) in [6.07, 6.45) is 2.80. The maximum absolute atomic E-state index is 10.6. The molecule has 0 saturated carbocycles. The predicted molar refractivity (Wildman–Crippen MR) is 41.0 cm³/mol.